The molecule has 0 aromatic heterocycles. The number of carbonyl (C=O) groups is 5. The summed E-state index contributed by atoms with van der Waals surface area (Å²) < 4.78 is 15.8. The molecule has 8 N–H and O–H groups in total. The third kappa shape index (κ3) is 10.5. The molecule has 0 aromatic rings. The van der Waals surface area contributed by atoms with Crippen LogP contribution >= 0.6 is 0 Å². The highest BCUT2D eigenvalue weighted by molar-refractivity contribution is 5.91. The second kappa shape index (κ2) is 16.2. The van der Waals surface area contributed by atoms with Crippen molar-refractivity contribution in [2.24, 2.45) is 5.73 Å². The zero-order valence-corrected chi connectivity index (χ0v) is 22.0. The number of nitrogens with two attached hydrogens (primary N) is 1. The summed E-state index contributed by atoms with van der Waals surface area (Å²) in [6.45, 7) is 5.21. The van der Waals surface area contributed by atoms with Gasteiger partial charge in [0, 0.05) is 13.3 Å². The highest BCUT2D eigenvalue weighted by Crippen LogP contribution is 2.23. The van der Waals surface area contributed by atoms with Crippen LogP contribution in [0.5, 0.6) is 0 Å². The normalized spacial score (nSPS) is 25.4. The molecule has 1 rings (SSSR count). The molecule has 0 saturated carbocycles. The van der Waals surface area contributed by atoms with E-state index in [1.165, 1.54) is 20.8 Å². The summed E-state index contributed by atoms with van der Waals surface area (Å²) in [7, 11) is 0. The smallest absolute Gasteiger partial charge is 0.328 e. The van der Waals surface area contributed by atoms with Crippen molar-refractivity contribution >= 4 is 29.6 Å². The molecule has 4 amide bonds. The number of amides is 4. The SMILES string of the molecule is CCCCOC(=O)[C@@H](CCC(N)=O)NC(=O)[C@@H](C)NC(=O)[C@H](C)O[C@@H]1[C@@H](O)[C@H](CO)OC(O)[C@H]1NC(C)=O. The van der Waals surface area contributed by atoms with Gasteiger partial charge in [-0.25, -0.2) is 4.79 Å². The predicted molar refractivity (Wildman–Crippen MR) is 130 cm³/mol. The lowest BCUT2D eigenvalue weighted by Gasteiger charge is -2.43. The van der Waals surface area contributed by atoms with E-state index in [2.05, 4.69) is 16.0 Å². The minimum Gasteiger partial charge on any atom is -0.464 e. The summed E-state index contributed by atoms with van der Waals surface area (Å²) in [6.07, 6.45) is -5.90. The molecule has 0 radical (unpaired) electrons. The van der Waals surface area contributed by atoms with Gasteiger partial charge in [0.2, 0.25) is 23.6 Å². The maximum absolute atomic E-state index is 12.7. The summed E-state index contributed by atoms with van der Waals surface area (Å²) in [6, 6.07) is -3.58. The van der Waals surface area contributed by atoms with Crippen molar-refractivity contribution in [1.82, 2.24) is 16.0 Å². The molecule has 0 spiro atoms. The minimum atomic E-state index is -1.64. The molecule has 8 atom stereocenters. The Balaban J connectivity index is 2.83. The molecule has 1 heterocycles. The van der Waals surface area contributed by atoms with Gasteiger partial charge in [-0.1, -0.05) is 13.3 Å². The maximum Gasteiger partial charge on any atom is 0.328 e. The average Bonchev–Trinajstić information content (AvgIpc) is 2.85. The molecule has 1 aliphatic rings. The summed E-state index contributed by atoms with van der Waals surface area (Å²) in [5, 5.41) is 37.3. The van der Waals surface area contributed by atoms with Crippen molar-refractivity contribution in [2.75, 3.05) is 13.2 Å². The van der Waals surface area contributed by atoms with E-state index >= 15 is 0 Å². The van der Waals surface area contributed by atoms with Gasteiger partial charge in [0.15, 0.2) is 6.29 Å². The standard InChI is InChI=1S/C23H40N4O11/c1-5-6-9-36-22(34)14(7-8-16(24)30)27-20(32)11(2)25-21(33)12(3)37-19-17(26-13(4)29)23(35)38-15(10-28)18(19)31/h11-12,14-15,17-19,23,28,31,35H,5-10H2,1-4H3,(H2,24,30)(H,25,33)(H,26,29)(H,27,32)/t11-,12+,14-,15+,17+,18+,19+,23?/m1/s1. The molecular weight excluding hydrogens is 508 g/mol. The van der Waals surface area contributed by atoms with Crippen molar-refractivity contribution in [1.29, 1.82) is 0 Å². The van der Waals surface area contributed by atoms with Crippen LogP contribution in [-0.2, 0) is 38.2 Å². The van der Waals surface area contributed by atoms with E-state index in [1.807, 2.05) is 6.92 Å². The van der Waals surface area contributed by atoms with Gasteiger partial charge in [-0.15, -0.1) is 0 Å². The van der Waals surface area contributed by atoms with Crippen LogP contribution in [0.25, 0.3) is 0 Å². The number of nitrogens with one attached hydrogen (secondary N) is 3. The van der Waals surface area contributed by atoms with Gasteiger partial charge in [-0.2, -0.15) is 0 Å². The molecule has 0 aromatic carbocycles. The number of primary amides is 1. The zero-order chi connectivity index (χ0) is 29.0. The van der Waals surface area contributed by atoms with Gasteiger partial charge in [-0.05, 0) is 26.7 Å². The Bertz CT molecular complexity index is 827. The van der Waals surface area contributed by atoms with Gasteiger partial charge in [0.25, 0.3) is 0 Å². The van der Waals surface area contributed by atoms with Gasteiger partial charge in [-0.3, -0.25) is 19.2 Å². The van der Waals surface area contributed by atoms with Gasteiger partial charge >= 0.3 is 5.97 Å². The first-order chi connectivity index (χ1) is 17.8. The van der Waals surface area contributed by atoms with Crippen LogP contribution in [0, 0.1) is 0 Å². The number of carbonyl (C=O) groups excluding carboxylic acids is 5. The summed E-state index contributed by atoms with van der Waals surface area (Å²) in [5.74, 6) is -3.51. The van der Waals surface area contributed by atoms with E-state index in [1.54, 1.807) is 0 Å². The lowest BCUT2D eigenvalue weighted by molar-refractivity contribution is -0.266. The van der Waals surface area contributed by atoms with Crippen LogP contribution in [0.3, 0.4) is 0 Å². The molecule has 15 nitrogen and oxygen atoms in total. The first-order valence-corrected chi connectivity index (χ1v) is 12.4. The second-order valence-electron chi connectivity index (χ2n) is 9.02. The number of aliphatic hydroxyl groups is 3. The van der Waals surface area contributed by atoms with E-state index < -0.39 is 85.0 Å². The van der Waals surface area contributed by atoms with Crippen LogP contribution < -0.4 is 21.7 Å². The summed E-state index contributed by atoms with van der Waals surface area (Å²) in [5.41, 5.74) is 5.15. The van der Waals surface area contributed by atoms with Crippen molar-refractivity contribution in [3.05, 3.63) is 0 Å². The fraction of sp³-hybridized carbons (Fsp3) is 0.783. The molecule has 1 aliphatic heterocycles. The van der Waals surface area contributed by atoms with Crippen molar-refractivity contribution in [3.8, 4) is 0 Å². The Morgan fingerprint density at radius 3 is 2.29 bits per heavy atom. The highest BCUT2D eigenvalue weighted by atomic mass is 16.6. The molecule has 38 heavy (non-hydrogen) atoms. The van der Waals surface area contributed by atoms with Gasteiger partial charge < -0.3 is 51.2 Å². The predicted octanol–water partition coefficient (Wildman–Crippen LogP) is -3.07. The Morgan fingerprint density at radius 1 is 1.08 bits per heavy atom. The molecule has 15 heteroatoms. The van der Waals surface area contributed by atoms with E-state index in [-0.39, 0.29) is 19.4 Å². The lowest BCUT2D eigenvalue weighted by atomic mass is 9.96. The fourth-order valence-corrected chi connectivity index (χ4v) is 3.58. The van der Waals surface area contributed by atoms with Crippen molar-refractivity contribution in [3.63, 3.8) is 0 Å². The summed E-state index contributed by atoms with van der Waals surface area (Å²) in [4.78, 5) is 60.5. The molecule has 0 bridgehead atoms. The van der Waals surface area contributed by atoms with E-state index in [0.29, 0.717) is 6.42 Å². The molecule has 218 valence electrons. The quantitative estimate of drug-likeness (QED) is 0.0801. The number of ether oxygens (including phenoxy) is 3. The van der Waals surface area contributed by atoms with Crippen LogP contribution in [0.2, 0.25) is 0 Å². The number of unbranched alkanes of at least 4 members (excludes halogenated alkanes) is 1. The minimum absolute atomic E-state index is 0.0905. The first kappa shape index (κ1) is 33.2. The Morgan fingerprint density at radius 2 is 1.74 bits per heavy atom. The highest BCUT2D eigenvalue weighted by Gasteiger charge is 2.47. The third-order valence-electron chi connectivity index (χ3n) is 5.75. The van der Waals surface area contributed by atoms with E-state index in [0.717, 1.165) is 6.42 Å². The van der Waals surface area contributed by atoms with Crippen molar-refractivity contribution in [2.45, 2.75) is 102 Å². The summed E-state index contributed by atoms with van der Waals surface area (Å²) >= 11 is 0. The monoisotopic (exact) mass is 548 g/mol. The molecular formula is C23H40N4O11. The second-order valence-corrected chi connectivity index (χ2v) is 9.02. The lowest BCUT2D eigenvalue weighted by Crippen LogP contribution is -2.65. The van der Waals surface area contributed by atoms with Crippen molar-refractivity contribution < 1.29 is 53.5 Å². The number of hydrogen-bond acceptors (Lipinski definition) is 11. The van der Waals surface area contributed by atoms with Gasteiger partial charge in [0.1, 0.15) is 42.5 Å². The maximum atomic E-state index is 12.7. The third-order valence-corrected chi connectivity index (χ3v) is 5.75. The van der Waals surface area contributed by atoms with Crippen LogP contribution in [0.4, 0.5) is 0 Å². The van der Waals surface area contributed by atoms with Crippen LogP contribution in [0.1, 0.15) is 53.4 Å². The van der Waals surface area contributed by atoms with Gasteiger partial charge in [0.05, 0.1) is 13.2 Å². The molecule has 1 fully saturated rings. The van der Waals surface area contributed by atoms with Crippen LogP contribution in [0.15, 0.2) is 0 Å². The van der Waals surface area contributed by atoms with E-state index in [4.69, 9.17) is 19.9 Å². The number of esters is 1. The largest absolute Gasteiger partial charge is 0.464 e. The van der Waals surface area contributed by atoms with Crippen LogP contribution in [-0.4, -0.2) is 107 Å². The average molecular weight is 549 g/mol. The Labute approximate surface area is 220 Å². The number of aliphatic hydroxyl groups excluding tert-OH is 3. The van der Waals surface area contributed by atoms with E-state index in [9.17, 15) is 39.3 Å². The molecule has 0 aliphatic carbocycles. The topological polar surface area (TPSA) is 236 Å². The molecule has 1 saturated heterocycles. The number of rotatable bonds is 15. The zero-order valence-electron chi connectivity index (χ0n) is 22.0. The molecule has 1 unspecified atom stereocenters. The Kier molecular flexibility index (Phi) is 14.1. The fourth-order valence-electron chi connectivity index (χ4n) is 3.58. The first-order valence-electron chi connectivity index (χ1n) is 12.4. The Hall–Kier alpha value is -2.85. The number of hydrogen-bond donors (Lipinski definition) is 7.